The number of hydrogen-bond acceptors (Lipinski definition) is 1. The van der Waals surface area contributed by atoms with E-state index in [1.54, 1.807) is 0 Å². The molecule has 1 nitrogen and oxygen atoms in total. The summed E-state index contributed by atoms with van der Waals surface area (Å²) in [5.74, 6) is -72.9. The molecule has 0 fully saturated rings. The molecule has 0 spiro atoms. The van der Waals surface area contributed by atoms with E-state index in [4.69, 9.17) is 4.80 Å². The molecule has 212 valence electrons. The topological polar surface area (TPSA) is 20.2 Å². The van der Waals surface area contributed by atoms with E-state index in [1.165, 1.54) is 0 Å². The molecular weight excluding hydrogens is 601 g/mol. The molecule has 25 heteroatoms. The largest absolute Gasteiger partial charge is 0.655 e. The van der Waals surface area contributed by atoms with E-state index >= 15 is 0 Å². The van der Waals surface area contributed by atoms with Crippen molar-refractivity contribution < 1.29 is 105 Å². The molecule has 0 rings (SSSR count). The van der Waals surface area contributed by atoms with E-state index < -0.39 is 68.1 Å². The number of alkyl halides is 21. The molecule has 0 aliphatic rings. The van der Waals surface area contributed by atoms with Crippen molar-refractivity contribution >= 4 is 8.99 Å². The zero-order valence-corrected chi connectivity index (χ0v) is 15.6. The zero-order chi connectivity index (χ0) is 29.5. The minimum atomic E-state index is -9.41. The first-order valence-electron chi connectivity index (χ1n) is 7.07. The van der Waals surface area contributed by atoms with E-state index in [0.717, 1.165) is 0 Å². The summed E-state index contributed by atoms with van der Waals surface area (Å²) in [5.41, 5.74) is -8.23. The second-order valence-electron chi connectivity index (χ2n) is 6.21. The van der Waals surface area contributed by atoms with Crippen LogP contribution in [0.1, 0.15) is 0 Å². The van der Waals surface area contributed by atoms with Crippen LogP contribution < -0.4 is 0 Å². The number of hydrogen-bond donors (Lipinski definition) is 1. The Balaban J connectivity index is 7.15. The van der Waals surface area contributed by atoms with E-state index in [9.17, 15) is 100 Å². The highest BCUT2D eigenvalue weighted by Gasteiger charge is 2.99. The van der Waals surface area contributed by atoms with Crippen LogP contribution in [0.3, 0.4) is 0 Å². The Labute approximate surface area is 174 Å². The molecule has 0 heterocycles. The highest BCUT2D eigenvalue weighted by atomic mass is 28.4. The molecular formula is C10HF23OSi. The lowest BCUT2D eigenvalue weighted by molar-refractivity contribution is -0.472. The maximum Gasteiger partial charge on any atom is 0.655 e. The van der Waals surface area contributed by atoms with Gasteiger partial charge in [0.1, 0.15) is 0 Å². The average molecular weight is 602 g/mol. The summed E-state index contributed by atoms with van der Waals surface area (Å²) in [5, 5.41) is 0. The van der Waals surface area contributed by atoms with Crippen molar-refractivity contribution in [2.75, 3.05) is 0 Å². The summed E-state index contributed by atoms with van der Waals surface area (Å²) in [6.07, 6.45) is -8.09. The Morgan fingerprint density at radius 3 is 0.657 bits per heavy atom. The summed E-state index contributed by atoms with van der Waals surface area (Å²) in [7, 11) is -9.25. The molecule has 0 aliphatic carbocycles. The first kappa shape index (κ1) is 33.6. The fraction of sp³-hybridized carbons (Fsp3) is 1.00. The third-order valence-electron chi connectivity index (χ3n) is 3.89. The molecule has 0 aromatic rings. The van der Waals surface area contributed by atoms with Crippen LogP contribution in [0.25, 0.3) is 0 Å². The SMILES string of the molecule is O[Si](F)(F)C(F)(F)C(F)(F)C(F)(F)C(F)(F)C(F)(F)C(F)(F)C(F)(F)C(F)(F)C(F)(F)C(F)(F)F. The van der Waals surface area contributed by atoms with Crippen molar-refractivity contribution in [3.8, 4) is 0 Å². The van der Waals surface area contributed by atoms with Crippen LogP contribution >= 0.6 is 0 Å². The van der Waals surface area contributed by atoms with Crippen LogP contribution in [0.15, 0.2) is 0 Å². The lowest BCUT2D eigenvalue weighted by atomic mass is 9.87. The minimum Gasteiger partial charge on any atom is -0.380 e. The van der Waals surface area contributed by atoms with Crippen molar-refractivity contribution in [2.45, 2.75) is 59.1 Å². The molecule has 0 saturated heterocycles. The van der Waals surface area contributed by atoms with Gasteiger partial charge in [0.05, 0.1) is 0 Å². The molecule has 0 bridgehead atoms. The normalized spacial score (nSPS) is 17.1. The van der Waals surface area contributed by atoms with Gasteiger partial charge in [-0.2, -0.15) is 92.2 Å². The van der Waals surface area contributed by atoms with Gasteiger partial charge in [-0.1, -0.05) is 0 Å². The third-order valence-corrected chi connectivity index (χ3v) is 4.96. The lowest BCUT2D eigenvalue weighted by Crippen LogP contribution is -2.78. The van der Waals surface area contributed by atoms with Gasteiger partial charge >= 0.3 is 68.1 Å². The van der Waals surface area contributed by atoms with Crippen LogP contribution in [-0.2, 0) is 0 Å². The van der Waals surface area contributed by atoms with E-state index in [0.29, 0.717) is 0 Å². The number of rotatable bonds is 9. The molecule has 0 aliphatic heterocycles. The predicted octanol–water partition coefficient (Wildman–Crippen LogP) is 6.68. The molecule has 0 aromatic heterocycles. The summed E-state index contributed by atoms with van der Waals surface area (Å²) in [6, 6.07) is 0. The Kier molecular flexibility index (Phi) is 7.47. The fourth-order valence-corrected chi connectivity index (χ4v) is 2.28. The summed E-state index contributed by atoms with van der Waals surface area (Å²) in [4.78, 5) is 7.53. The van der Waals surface area contributed by atoms with Crippen LogP contribution in [0.4, 0.5) is 100 Å². The zero-order valence-electron chi connectivity index (χ0n) is 14.6. The van der Waals surface area contributed by atoms with Crippen LogP contribution in [0, 0.1) is 0 Å². The van der Waals surface area contributed by atoms with Gasteiger partial charge in [0.15, 0.2) is 0 Å². The van der Waals surface area contributed by atoms with Gasteiger partial charge in [-0.25, -0.2) is 8.22 Å². The van der Waals surface area contributed by atoms with Gasteiger partial charge in [0, 0.05) is 0 Å². The monoisotopic (exact) mass is 602 g/mol. The Morgan fingerprint density at radius 2 is 0.486 bits per heavy atom. The first-order valence-corrected chi connectivity index (χ1v) is 8.77. The van der Waals surface area contributed by atoms with Crippen molar-refractivity contribution in [1.82, 2.24) is 0 Å². The standard InChI is InChI=1S/C10HF23OSi/c11-1(12,3(15,16)5(19,20)7(23,24)9(27,28)29)2(13,14)4(17,18)6(21,22)8(25,26)10(30,31)35(32,33)34/h34H. The van der Waals surface area contributed by atoms with Crippen molar-refractivity contribution in [3.05, 3.63) is 0 Å². The average Bonchev–Trinajstić information content (AvgIpc) is 2.58. The smallest absolute Gasteiger partial charge is 0.380 e. The Morgan fingerprint density at radius 1 is 0.314 bits per heavy atom. The second-order valence-corrected chi connectivity index (χ2v) is 7.92. The molecule has 0 radical (unpaired) electrons. The van der Waals surface area contributed by atoms with Gasteiger partial charge in [-0.15, -0.1) is 0 Å². The first-order chi connectivity index (χ1) is 14.5. The molecule has 0 amide bonds. The van der Waals surface area contributed by atoms with Gasteiger partial charge in [0.2, 0.25) is 0 Å². The summed E-state index contributed by atoms with van der Waals surface area (Å²) >= 11 is 0. The maximum atomic E-state index is 13.3. The van der Waals surface area contributed by atoms with Gasteiger partial charge in [0.25, 0.3) is 0 Å². The van der Waals surface area contributed by atoms with Crippen molar-refractivity contribution in [1.29, 1.82) is 0 Å². The highest BCUT2D eigenvalue weighted by molar-refractivity contribution is 6.61. The number of halogens is 23. The lowest BCUT2D eigenvalue weighted by Gasteiger charge is -2.44. The highest BCUT2D eigenvalue weighted by Crippen LogP contribution is 2.66. The fourth-order valence-electron chi connectivity index (χ4n) is 1.75. The van der Waals surface area contributed by atoms with E-state index in [2.05, 4.69) is 0 Å². The quantitative estimate of drug-likeness (QED) is 0.178. The van der Waals surface area contributed by atoms with Gasteiger partial charge < -0.3 is 4.80 Å². The van der Waals surface area contributed by atoms with Crippen LogP contribution in [0.5, 0.6) is 0 Å². The van der Waals surface area contributed by atoms with Crippen molar-refractivity contribution in [2.24, 2.45) is 0 Å². The van der Waals surface area contributed by atoms with Crippen molar-refractivity contribution in [3.63, 3.8) is 0 Å². The summed E-state index contributed by atoms with van der Waals surface area (Å²) in [6.45, 7) is 0. The van der Waals surface area contributed by atoms with Crippen LogP contribution in [0.2, 0.25) is 0 Å². The van der Waals surface area contributed by atoms with Crippen LogP contribution in [-0.4, -0.2) is 72.9 Å². The maximum absolute atomic E-state index is 13.3. The second kappa shape index (κ2) is 7.78. The Bertz CT molecular complexity index is 721. The van der Waals surface area contributed by atoms with E-state index in [-0.39, 0.29) is 0 Å². The molecule has 0 saturated carbocycles. The molecule has 0 atom stereocenters. The molecule has 0 unspecified atom stereocenters. The van der Waals surface area contributed by atoms with E-state index in [1.807, 2.05) is 0 Å². The Hall–Kier alpha value is -1.43. The minimum absolute atomic E-state index is 7.53. The predicted molar refractivity (Wildman–Crippen MR) is 60.8 cm³/mol. The van der Waals surface area contributed by atoms with Gasteiger partial charge in [-0.05, 0) is 0 Å². The molecule has 0 aromatic carbocycles. The van der Waals surface area contributed by atoms with Gasteiger partial charge in [-0.3, -0.25) is 0 Å². The molecule has 1 N–H and O–H groups in total. The third kappa shape index (κ3) is 3.88. The summed E-state index contributed by atoms with van der Waals surface area (Å²) < 4.78 is 294. The molecule has 35 heavy (non-hydrogen) atoms.